The molecule has 0 aromatic heterocycles. The van der Waals surface area contributed by atoms with Crippen molar-refractivity contribution in [3.8, 4) is 28.7 Å². The van der Waals surface area contributed by atoms with E-state index in [0.717, 1.165) is 5.56 Å². The number of carboxylic acids is 1. The van der Waals surface area contributed by atoms with E-state index in [1.807, 2.05) is 0 Å². The average Bonchev–Trinajstić information content (AvgIpc) is 3.55. The average molecular weight is 569 g/mol. The zero-order chi connectivity index (χ0) is 28.6. The molecular weight excluding hydrogens is 538 g/mol. The number of fused-ring (bicyclic) bond motifs is 2. The van der Waals surface area contributed by atoms with Gasteiger partial charge in [-0.15, -0.1) is 0 Å². The Hall–Kier alpha value is -3.89. The molecule has 1 fully saturated rings. The summed E-state index contributed by atoms with van der Waals surface area (Å²) in [6.45, 7) is 1.11. The van der Waals surface area contributed by atoms with E-state index < -0.39 is 29.3 Å². The van der Waals surface area contributed by atoms with Crippen molar-refractivity contribution in [3.05, 3.63) is 76.9 Å². The number of carboxylic acid groups (broad SMARTS) is 1. The molecule has 1 saturated heterocycles. The van der Waals surface area contributed by atoms with E-state index in [9.17, 15) is 14.3 Å². The summed E-state index contributed by atoms with van der Waals surface area (Å²) in [5, 5.41) is 19.7. The lowest BCUT2D eigenvalue weighted by Gasteiger charge is -2.31. The highest BCUT2D eigenvalue weighted by molar-refractivity contribution is 5.68. The van der Waals surface area contributed by atoms with E-state index in [4.69, 9.17) is 28.8 Å². The SMILES string of the molecule is O=C(O)CC1COc2cc(OC3CCc4c(Oc5ccc(OCC6(O)CCOCC6)c(F)c5)ccc(F)c43)ccc21. The smallest absolute Gasteiger partial charge is 0.304 e. The monoisotopic (exact) mass is 568 g/mol. The molecule has 8 nitrogen and oxygen atoms in total. The van der Waals surface area contributed by atoms with Gasteiger partial charge < -0.3 is 33.9 Å². The molecular formula is C31H30F2O8. The van der Waals surface area contributed by atoms with Gasteiger partial charge >= 0.3 is 5.97 Å². The van der Waals surface area contributed by atoms with Gasteiger partial charge in [-0.05, 0) is 43.2 Å². The molecule has 3 aliphatic rings. The van der Waals surface area contributed by atoms with Gasteiger partial charge in [0.15, 0.2) is 11.6 Å². The van der Waals surface area contributed by atoms with Crippen LogP contribution in [-0.2, 0) is 16.0 Å². The third-order valence-corrected chi connectivity index (χ3v) is 7.85. The zero-order valence-electron chi connectivity index (χ0n) is 22.2. The number of rotatable bonds is 9. The predicted octanol–water partition coefficient (Wildman–Crippen LogP) is 5.69. The van der Waals surface area contributed by atoms with Crippen LogP contribution in [0.15, 0.2) is 48.5 Å². The van der Waals surface area contributed by atoms with E-state index in [1.165, 1.54) is 24.3 Å². The van der Waals surface area contributed by atoms with Crippen molar-refractivity contribution in [1.29, 1.82) is 0 Å². The van der Waals surface area contributed by atoms with Crippen molar-refractivity contribution >= 4 is 5.97 Å². The first-order chi connectivity index (χ1) is 19.8. The van der Waals surface area contributed by atoms with Gasteiger partial charge in [0.25, 0.3) is 0 Å². The maximum absolute atomic E-state index is 15.0. The quantitative estimate of drug-likeness (QED) is 0.339. The topological polar surface area (TPSA) is 104 Å². The van der Waals surface area contributed by atoms with Crippen molar-refractivity contribution < 1.29 is 47.5 Å². The van der Waals surface area contributed by atoms with Crippen molar-refractivity contribution in [1.82, 2.24) is 0 Å². The van der Waals surface area contributed by atoms with Crippen LogP contribution in [0.1, 0.15) is 54.4 Å². The van der Waals surface area contributed by atoms with Crippen LogP contribution in [0.3, 0.4) is 0 Å². The number of ether oxygens (including phenoxy) is 5. The molecule has 2 aliphatic heterocycles. The van der Waals surface area contributed by atoms with Crippen molar-refractivity contribution in [3.63, 3.8) is 0 Å². The maximum atomic E-state index is 15.0. The van der Waals surface area contributed by atoms with Gasteiger partial charge in [-0.1, -0.05) is 6.07 Å². The number of aliphatic hydroxyl groups is 1. The van der Waals surface area contributed by atoms with Crippen molar-refractivity contribution in [2.24, 2.45) is 0 Å². The third-order valence-electron chi connectivity index (χ3n) is 7.85. The molecule has 2 unspecified atom stereocenters. The van der Waals surface area contributed by atoms with E-state index in [2.05, 4.69) is 0 Å². The van der Waals surface area contributed by atoms with Crippen LogP contribution in [0, 0.1) is 11.6 Å². The summed E-state index contributed by atoms with van der Waals surface area (Å²) in [4.78, 5) is 11.1. The number of carbonyl (C=O) groups is 1. The summed E-state index contributed by atoms with van der Waals surface area (Å²) in [7, 11) is 0. The summed E-state index contributed by atoms with van der Waals surface area (Å²) in [5.41, 5.74) is 0.800. The fourth-order valence-electron chi connectivity index (χ4n) is 5.63. The van der Waals surface area contributed by atoms with Gasteiger partial charge in [0, 0.05) is 60.8 Å². The van der Waals surface area contributed by atoms with Crippen LogP contribution in [0.4, 0.5) is 8.78 Å². The highest BCUT2D eigenvalue weighted by atomic mass is 19.1. The van der Waals surface area contributed by atoms with Gasteiger partial charge in [-0.25, -0.2) is 8.78 Å². The minimum atomic E-state index is -1.05. The molecule has 2 N–H and O–H groups in total. The van der Waals surface area contributed by atoms with Crippen LogP contribution in [-0.4, -0.2) is 48.2 Å². The Balaban J connectivity index is 1.14. The molecule has 2 atom stereocenters. The lowest BCUT2D eigenvalue weighted by Crippen LogP contribution is -2.41. The summed E-state index contributed by atoms with van der Waals surface area (Å²) in [6, 6.07) is 12.3. The van der Waals surface area contributed by atoms with Crippen LogP contribution in [0.25, 0.3) is 0 Å². The Kier molecular flexibility index (Phi) is 7.44. The van der Waals surface area contributed by atoms with Crippen LogP contribution < -0.4 is 18.9 Å². The standard InChI is InChI=1S/C31H30F2O8/c32-23-5-8-25(40-19-2-6-26(24(33)14-19)39-17-31(36)9-11-37-12-10-31)22-4-7-27(30(22)23)41-20-1-3-21-18(13-29(34)35)16-38-28(21)15-20/h1-3,5-6,8,14-15,18,27,36H,4,7,9-13,16-17H2,(H,34,35). The molecule has 0 spiro atoms. The zero-order valence-corrected chi connectivity index (χ0v) is 22.2. The Morgan fingerprint density at radius 1 is 1.00 bits per heavy atom. The van der Waals surface area contributed by atoms with E-state index in [-0.39, 0.29) is 37.1 Å². The molecule has 10 heteroatoms. The highest BCUT2D eigenvalue weighted by Crippen LogP contribution is 2.44. The first-order valence-corrected chi connectivity index (χ1v) is 13.6. The lowest BCUT2D eigenvalue weighted by atomic mass is 9.96. The van der Waals surface area contributed by atoms with E-state index in [0.29, 0.717) is 67.3 Å². The molecule has 0 radical (unpaired) electrons. The maximum Gasteiger partial charge on any atom is 0.304 e. The number of aliphatic carboxylic acids is 1. The van der Waals surface area contributed by atoms with Gasteiger partial charge in [0.1, 0.15) is 47.1 Å². The number of halogens is 2. The molecule has 0 saturated carbocycles. The van der Waals surface area contributed by atoms with Gasteiger partial charge in [0.05, 0.1) is 13.0 Å². The van der Waals surface area contributed by atoms with Crippen LogP contribution in [0.2, 0.25) is 0 Å². The number of benzene rings is 3. The van der Waals surface area contributed by atoms with E-state index in [1.54, 1.807) is 24.3 Å². The fourth-order valence-corrected chi connectivity index (χ4v) is 5.63. The first-order valence-electron chi connectivity index (χ1n) is 13.6. The summed E-state index contributed by atoms with van der Waals surface area (Å²) < 4.78 is 58.5. The van der Waals surface area contributed by atoms with Gasteiger partial charge in [-0.3, -0.25) is 4.79 Å². The highest BCUT2D eigenvalue weighted by Gasteiger charge is 2.33. The predicted molar refractivity (Wildman–Crippen MR) is 142 cm³/mol. The van der Waals surface area contributed by atoms with Gasteiger partial charge in [0.2, 0.25) is 0 Å². The normalized spacial score (nSPS) is 20.6. The molecule has 0 amide bonds. The second kappa shape index (κ2) is 11.2. The molecule has 2 heterocycles. The van der Waals surface area contributed by atoms with Crippen LogP contribution in [0.5, 0.6) is 28.7 Å². The fraction of sp³-hybridized carbons (Fsp3) is 0.387. The molecule has 0 bridgehead atoms. The molecule has 41 heavy (non-hydrogen) atoms. The second-order valence-electron chi connectivity index (χ2n) is 10.7. The second-order valence-corrected chi connectivity index (χ2v) is 10.7. The minimum Gasteiger partial charge on any atom is -0.492 e. The Bertz CT molecular complexity index is 1450. The van der Waals surface area contributed by atoms with Crippen molar-refractivity contribution in [2.75, 3.05) is 26.4 Å². The Morgan fingerprint density at radius 3 is 2.56 bits per heavy atom. The van der Waals surface area contributed by atoms with E-state index >= 15 is 4.39 Å². The Labute approximate surface area is 235 Å². The first kappa shape index (κ1) is 27.3. The molecule has 1 aliphatic carbocycles. The van der Waals surface area contributed by atoms with Gasteiger partial charge in [-0.2, -0.15) is 0 Å². The summed E-state index contributed by atoms with van der Waals surface area (Å²) in [6.07, 6.45) is 1.28. The largest absolute Gasteiger partial charge is 0.492 e. The van der Waals surface area contributed by atoms with Crippen LogP contribution >= 0.6 is 0 Å². The Morgan fingerprint density at radius 2 is 1.78 bits per heavy atom. The molecule has 6 rings (SSSR count). The third kappa shape index (κ3) is 5.80. The lowest BCUT2D eigenvalue weighted by molar-refractivity contribution is -0.137. The minimum absolute atomic E-state index is 0.00247. The number of hydrogen-bond acceptors (Lipinski definition) is 7. The molecule has 3 aromatic carbocycles. The molecule has 216 valence electrons. The number of hydrogen-bond donors (Lipinski definition) is 2. The molecule has 3 aromatic rings. The summed E-state index contributed by atoms with van der Waals surface area (Å²) in [5.74, 6) is -0.465. The van der Waals surface area contributed by atoms with Crippen molar-refractivity contribution in [2.45, 2.75) is 49.7 Å². The summed E-state index contributed by atoms with van der Waals surface area (Å²) >= 11 is 0.